The maximum atomic E-state index is 12.9. The summed E-state index contributed by atoms with van der Waals surface area (Å²) in [4.78, 5) is 25.5. The Labute approximate surface area is 163 Å². The van der Waals surface area contributed by atoms with Crippen molar-refractivity contribution in [1.82, 2.24) is 8.97 Å². The van der Waals surface area contributed by atoms with Gasteiger partial charge in [0.1, 0.15) is 5.52 Å². The summed E-state index contributed by atoms with van der Waals surface area (Å²) in [6, 6.07) is 15.6. The standard InChI is InChI=1S/C23H23N3O2/c1-15-13-16(2)22(17(3)14-15)24-21(27)10-12-26-19-8-5-4-7-18(19)25-11-6-9-20(25)23(26)28/h4-9,11,13-14H,10,12H2,1-3H3,(H,24,27). The summed E-state index contributed by atoms with van der Waals surface area (Å²) in [5.74, 6) is -0.0960. The van der Waals surface area contributed by atoms with Gasteiger partial charge in [0.05, 0.1) is 11.0 Å². The molecule has 0 bridgehead atoms. The van der Waals surface area contributed by atoms with Gasteiger partial charge in [-0.2, -0.15) is 0 Å². The van der Waals surface area contributed by atoms with E-state index in [0.29, 0.717) is 12.1 Å². The number of amides is 1. The quantitative estimate of drug-likeness (QED) is 0.583. The van der Waals surface area contributed by atoms with Gasteiger partial charge >= 0.3 is 0 Å². The van der Waals surface area contributed by atoms with Crippen LogP contribution in [0.15, 0.2) is 59.5 Å². The summed E-state index contributed by atoms with van der Waals surface area (Å²) in [5, 5.41) is 3.02. The lowest BCUT2D eigenvalue weighted by atomic mass is 10.1. The minimum absolute atomic E-state index is 0.0841. The van der Waals surface area contributed by atoms with Crippen LogP contribution in [0, 0.1) is 20.8 Å². The Morgan fingerprint density at radius 3 is 2.29 bits per heavy atom. The average molecular weight is 373 g/mol. The Bertz CT molecular complexity index is 1240. The fourth-order valence-electron chi connectivity index (χ4n) is 3.92. The minimum atomic E-state index is -0.0960. The smallest absolute Gasteiger partial charge is 0.275 e. The van der Waals surface area contributed by atoms with Crippen molar-refractivity contribution in [3.05, 3.63) is 81.8 Å². The van der Waals surface area contributed by atoms with Crippen molar-refractivity contribution >= 4 is 28.1 Å². The third kappa shape index (κ3) is 3.09. The van der Waals surface area contributed by atoms with Crippen molar-refractivity contribution in [2.45, 2.75) is 33.7 Å². The van der Waals surface area contributed by atoms with E-state index >= 15 is 0 Å². The van der Waals surface area contributed by atoms with Crippen molar-refractivity contribution in [3.63, 3.8) is 0 Å². The van der Waals surface area contributed by atoms with Gasteiger partial charge in [-0.3, -0.25) is 9.59 Å². The predicted molar refractivity (Wildman–Crippen MR) is 113 cm³/mol. The number of carbonyl (C=O) groups excluding carboxylic acids is 1. The molecule has 0 unspecified atom stereocenters. The van der Waals surface area contributed by atoms with Crippen LogP contribution in [0.25, 0.3) is 16.6 Å². The molecule has 28 heavy (non-hydrogen) atoms. The van der Waals surface area contributed by atoms with Crippen LogP contribution < -0.4 is 10.9 Å². The fourth-order valence-corrected chi connectivity index (χ4v) is 3.92. The third-order valence-electron chi connectivity index (χ3n) is 5.15. The second-order valence-corrected chi connectivity index (χ2v) is 7.28. The number of fused-ring (bicyclic) bond motifs is 3. The van der Waals surface area contributed by atoms with Gasteiger partial charge in [0.15, 0.2) is 0 Å². The van der Waals surface area contributed by atoms with E-state index < -0.39 is 0 Å². The van der Waals surface area contributed by atoms with E-state index in [4.69, 9.17) is 0 Å². The maximum Gasteiger partial charge on any atom is 0.275 e. The molecule has 0 radical (unpaired) electrons. The number of anilines is 1. The number of hydrogen-bond donors (Lipinski definition) is 1. The van der Waals surface area contributed by atoms with Gasteiger partial charge in [0.2, 0.25) is 5.91 Å². The Morgan fingerprint density at radius 2 is 1.57 bits per heavy atom. The largest absolute Gasteiger partial charge is 0.326 e. The van der Waals surface area contributed by atoms with Crippen LogP contribution >= 0.6 is 0 Å². The number of nitrogens with one attached hydrogen (secondary N) is 1. The Hall–Kier alpha value is -3.34. The highest BCUT2D eigenvalue weighted by Gasteiger charge is 2.13. The summed E-state index contributed by atoms with van der Waals surface area (Å²) in [5.41, 5.74) is 6.43. The highest BCUT2D eigenvalue weighted by atomic mass is 16.2. The molecule has 1 amide bonds. The zero-order valence-electron chi connectivity index (χ0n) is 16.3. The van der Waals surface area contributed by atoms with Crippen molar-refractivity contribution < 1.29 is 4.79 Å². The first kappa shape index (κ1) is 18.0. The molecule has 0 aliphatic rings. The Morgan fingerprint density at radius 1 is 0.929 bits per heavy atom. The Kier molecular flexibility index (Phi) is 4.51. The van der Waals surface area contributed by atoms with Crippen LogP contribution in [0.4, 0.5) is 5.69 Å². The third-order valence-corrected chi connectivity index (χ3v) is 5.15. The van der Waals surface area contributed by atoms with Crippen LogP contribution in [0.5, 0.6) is 0 Å². The summed E-state index contributed by atoms with van der Waals surface area (Å²) >= 11 is 0. The maximum absolute atomic E-state index is 12.9. The molecule has 2 aromatic heterocycles. The lowest BCUT2D eigenvalue weighted by Crippen LogP contribution is -2.25. The molecule has 0 fully saturated rings. The number of nitrogens with zero attached hydrogens (tertiary/aromatic N) is 2. The monoisotopic (exact) mass is 373 g/mol. The molecule has 0 aliphatic carbocycles. The van der Waals surface area contributed by atoms with Crippen LogP contribution in [0.2, 0.25) is 0 Å². The zero-order valence-corrected chi connectivity index (χ0v) is 16.3. The van der Waals surface area contributed by atoms with Crippen molar-refractivity contribution in [3.8, 4) is 0 Å². The van der Waals surface area contributed by atoms with Crippen molar-refractivity contribution in [1.29, 1.82) is 0 Å². The van der Waals surface area contributed by atoms with Crippen LogP contribution in [-0.4, -0.2) is 14.9 Å². The van der Waals surface area contributed by atoms with Crippen LogP contribution in [0.1, 0.15) is 23.1 Å². The van der Waals surface area contributed by atoms with Crippen LogP contribution in [-0.2, 0) is 11.3 Å². The second kappa shape index (κ2) is 7.00. The normalized spacial score (nSPS) is 11.2. The number of para-hydroxylation sites is 2. The van der Waals surface area contributed by atoms with Gasteiger partial charge < -0.3 is 14.3 Å². The first-order valence-electron chi connectivity index (χ1n) is 9.42. The summed E-state index contributed by atoms with van der Waals surface area (Å²) in [7, 11) is 0. The summed E-state index contributed by atoms with van der Waals surface area (Å²) < 4.78 is 3.59. The van der Waals surface area contributed by atoms with Crippen molar-refractivity contribution in [2.24, 2.45) is 0 Å². The number of benzene rings is 2. The lowest BCUT2D eigenvalue weighted by Gasteiger charge is -2.15. The molecule has 0 spiro atoms. The molecule has 2 aromatic carbocycles. The molecular formula is C23H23N3O2. The molecule has 1 N–H and O–H groups in total. The highest BCUT2D eigenvalue weighted by molar-refractivity contribution is 5.92. The van der Waals surface area contributed by atoms with E-state index in [0.717, 1.165) is 27.8 Å². The van der Waals surface area contributed by atoms with Gasteiger partial charge in [-0.25, -0.2) is 0 Å². The SMILES string of the molecule is Cc1cc(C)c(NC(=O)CCn2c(=O)c3cccn3c3ccccc32)c(C)c1. The summed E-state index contributed by atoms with van der Waals surface area (Å²) in [6.07, 6.45) is 2.12. The first-order chi connectivity index (χ1) is 13.5. The molecule has 4 aromatic rings. The molecule has 142 valence electrons. The predicted octanol–water partition coefficient (Wildman–Crippen LogP) is 4.21. The number of aryl methyl sites for hydroxylation is 4. The van der Waals surface area contributed by atoms with E-state index in [-0.39, 0.29) is 17.9 Å². The molecule has 0 aliphatic heterocycles. The number of rotatable bonds is 4. The van der Waals surface area contributed by atoms with Gasteiger partial charge in [-0.05, 0) is 56.2 Å². The summed E-state index contributed by atoms with van der Waals surface area (Å²) in [6.45, 7) is 6.36. The lowest BCUT2D eigenvalue weighted by molar-refractivity contribution is -0.116. The minimum Gasteiger partial charge on any atom is -0.326 e. The van der Waals surface area contributed by atoms with E-state index in [1.807, 2.05) is 67.8 Å². The van der Waals surface area contributed by atoms with E-state index in [1.165, 1.54) is 5.56 Å². The molecule has 0 atom stereocenters. The topological polar surface area (TPSA) is 55.5 Å². The van der Waals surface area contributed by atoms with E-state index in [2.05, 4.69) is 17.4 Å². The zero-order chi connectivity index (χ0) is 19.8. The first-order valence-corrected chi connectivity index (χ1v) is 9.42. The van der Waals surface area contributed by atoms with E-state index in [9.17, 15) is 9.59 Å². The second-order valence-electron chi connectivity index (χ2n) is 7.28. The van der Waals surface area contributed by atoms with Gasteiger partial charge in [0.25, 0.3) is 5.56 Å². The highest BCUT2D eigenvalue weighted by Crippen LogP contribution is 2.22. The number of aromatic nitrogens is 2. The molecule has 0 saturated heterocycles. The van der Waals surface area contributed by atoms with Crippen molar-refractivity contribution in [2.75, 3.05) is 5.32 Å². The molecule has 5 nitrogen and oxygen atoms in total. The molecule has 5 heteroatoms. The number of carbonyl (C=O) groups is 1. The van der Waals surface area contributed by atoms with Crippen LogP contribution in [0.3, 0.4) is 0 Å². The van der Waals surface area contributed by atoms with E-state index in [1.54, 1.807) is 4.57 Å². The fraction of sp³-hybridized carbons (Fsp3) is 0.217. The van der Waals surface area contributed by atoms with Gasteiger partial charge in [0, 0.05) is 24.8 Å². The number of hydrogen-bond acceptors (Lipinski definition) is 2. The molecular weight excluding hydrogens is 350 g/mol. The molecule has 0 saturated carbocycles. The average Bonchev–Trinajstić information content (AvgIpc) is 3.15. The van der Waals surface area contributed by atoms with Gasteiger partial charge in [-0.1, -0.05) is 29.8 Å². The Balaban J connectivity index is 1.63. The molecule has 2 heterocycles. The molecule has 4 rings (SSSR count). The van der Waals surface area contributed by atoms with Gasteiger partial charge in [-0.15, -0.1) is 0 Å².